The number of carboxylic acid groups (broad SMARTS) is 1. The second-order valence-corrected chi connectivity index (χ2v) is 1.57. The van der Waals surface area contributed by atoms with Crippen molar-refractivity contribution in [3.05, 3.63) is 0 Å². The summed E-state index contributed by atoms with van der Waals surface area (Å²) in [6.45, 7) is 0. The van der Waals surface area contributed by atoms with Gasteiger partial charge in [0.05, 0.1) is 6.42 Å². The molecule has 2 N–H and O–H groups in total. The van der Waals surface area contributed by atoms with E-state index in [1.807, 2.05) is 0 Å². The zero-order chi connectivity index (χ0) is 7.28. The van der Waals surface area contributed by atoms with Crippen LogP contribution in [0.2, 0.25) is 0 Å². The number of nitrogens with one attached hydrogen (secondary N) is 1. The van der Waals surface area contributed by atoms with Gasteiger partial charge < -0.3 is 10.4 Å². The van der Waals surface area contributed by atoms with Crippen LogP contribution in [0.3, 0.4) is 0 Å². The molecule has 9 heavy (non-hydrogen) atoms. The molecule has 52 valence electrons. The Labute approximate surface area is 52.9 Å². The van der Waals surface area contributed by atoms with E-state index < -0.39 is 5.97 Å². The number of hydrogen-bond acceptors (Lipinski definition) is 2. The summed E-state index contributed by atoms with van der Waals surface area (Å²) in [5, 5.41) is 10.4. The van der Waals surface area contributed by atoms with Gasteiger partial charge in [0.15, 0.2) is 0 Å². The topological polar surface area (TPSA) is 66.4 Å². The molecular formula is C5H9NO3. The summed E-state index contributed by atoms with van der Waals surface area (Å²) in [6.07, 6.45) is -0.0362. The third kappa shape index (κ3) is 4.80. The highest BCUT2D eigenvalue weighted by atomic mass is 16.4. The number of carbonyl (C=O) groups is 2. The molecule has 0 radical (unpaired) electrons. The summed E-state index contributed by atoms with van der Waals surface area (Å²) in [4.78, 5) is 20.2. The van der Waals surface area contributed by atoms with Gasteiger partial charge in [-0.3, -0.25) is 9.59 Å². The van der Waals surface area contributed by atoms with Crippen molar-refractivity contribution >= 4 is 11.9 Å². The first-order chi connectivity index (χ1) is 4.16. The zero-order valence-corrected chi connectivity index (χ0v) is 5.18. The molecule has 0 aromatic rings. The van der Waals surface area contributed by atoms with Crippen molar-refractivity contribution in [2.24, 2.45) is 0 Å². The Morgan fingerprint density at radius 2 is 2.00 bits per heavy atom. The van der Waals surface area contributed by atoms with Crippen LogP contribution in [0.15, 0.2) is 0 Å². The molecule has 0 aliphatic rings. The minimum absolute atomic E-state index is 0.0613. The predicted molar refractivity (Wildman–Crippen MR) is 30.9 cm³/mol. The zero-order valence-electron chi connectivity index (χ0n) is 5.18. The van der Waals surface area contributed by atoms with E-state index in [1.165, 1.54) is 7.05 Å². The van der Waals surface area contributed by atoms with E-state index >= 15 is 0 Å². The molecule has 4 nitrogen and oxygen atoms in total. The number of aliphatic carboxylic acids is 1. The van der Waals surface area contributed by atoms with Crippen molar-refractivity contribution in [1.29, 1.82) is 0 Å². The van der Waals surface area contributed by atoms with E-state index in [2.05, 4.69) is 5.32 Å². The monoisotopic (exact) mass is 131 g/mol. The van der Waals surface area contributed by atoms with Gasteiger partial charge in [0.2, 0.25) is 5.91 Å². The summed E-state index contributed by atoms with van der Waals surface area (Å²) in [5.74, 6) is -1.18. The number of amides is 1. The molecule has 0 aromatic heterocycles. The van der Waals surface area contributed by atoms with Crippen LogP contribution >= 0.6 is 0 Å². The second kappa shape index (κ2) is 3.88. The maximum Gasteiger partial charge on any atom is 0.303 e. The van der Waals surface area contributed by atoms with E-state index in [4.69, 9.17) is 5.11 Å². The summed E-state index contributed by atoms with van der Waals surface area (Å²) < 4.78 is 0. The van der Waals surface area contributed by atoms with Gasteiger partial charge in [0.1, 0.15) is 0 Å². The molecule has 0 rings (SSSR count). The molecule has 0 heterocycles. The van der Waals surface area contributed by atoms with Gasteiger partial charge in [-0.2, -0.15) is 0 Å². The van der Waals surface area contributed by atoms with Crippen LogP contribution < -0.4 is 5.32 Å². The number of rotatable bonds is 3. The van der Waals surface area contributed by atoms with E-state index in [0.717, 1.165) is 0 Å². The number of carboxylic acids is 1. The summed E-state index contributed by atoms with van der Waals surface area (Å²) >= 11 is 0. The summed E-state index contributed by atoms with van der Waals surface area (Å²) in [5.41, 5.74) is 0. The van der Waals surface area contributed by atoms with Crippen LogP contribution in [-0.4, -0.2) is 24.0 Å². The number of hydrogen-bond donors (Lipinski definition) is 2. The Hall–Kier alpha value is -1.06. The molecule has 1 amide bonds. The van der Waals surface area contributed by atoms with Crippen LogP contribution in [0.4, 0.5) is 0 Å². The van der Waals surface area contributed by atoms with Crippen LogP contribution in [0.1, 0.15) is 12.8 Å². The Kier molecular flexibility index (Phi) is 3.43. The van der Waals surface area contributed by atoms with E-state index in [9.17, 15) is 9.59 Å². The Morgan fingerprint density at radius 1 is 1.44 bits per heavy atom. The second-order valence-electron chi connectivity index (χ2n) is 1.57. The Morgan fingerprint density at radius 3 is 2.33 bits per heavy atom. The van der Waals surface area contributed by atoms with Gasteiger partial charge in [0, 0.05) is 13.5 Å². The van der Waals surface area contributed by atoms with Crippen molar-refractivity contribution < 1.29 is 14.7 Å². The van der Waals surface area contributed by atoms with Crippen LogP contribution in [0, 0.1) is 0 Å². The maximum atomic E-state index is 10.3. The smallest absolute Gasteiger partial charge is 0.303 e. The third-order valence-corrected chi connectivity index (χ3v) is 0.845. The first kappa shape index (κ1) is 7.94. The molecule has 0 unspecified atom stereocenters. The molecule has 0 bridgehead atoms. The minimum atomic E-state index is -0.946. The van der Waals surface area contributed by atoms with Crippen LogP contribution in [-0.2, 0) is 9.59 Å². The summed E-state index contributed by atoms with van der Waals surface area (Å²) in [6, 6.07) is 0. The van der Waals surface area contributed by atoms with E-state index in [-0.39, 0.29) is 18.7 Å². The lowest BCUT2D eigenvalue weighted by Crippen LogP contribution is -2.18. The van der Waals surface area contributed by atoms with Crippen molar-refractivity contribution in [2.45, 2.75) is 12.8 Å². The van der Waals surface area contributed by atoms with Gasteiger partial charge in [-0.15, -0.1) is 0 Å². The summed E-state index contributed by atoms with van der Waals surface area (Å²) in [7, 11) is 1.48. The molecule has 4 heteroatoms. The average molecular weight is 131 g/mol. The molecule has 0 aliphatic heterocycles. The van der Waals surface area contributed by atoms with Gasteiger partial charge in [-0.25, -0.2) is 0 Å². The SMILES string of the molecule is CNC(=O)CCC(=O)O. The van der Waals surface area contributed by atoms with Crippen molar-refractivity contribution in [3.8, 4) is 0 Å². The fourth-order valence-corrected chi connectivity index (χ4v) is 0.345. The molecule has 0 aromatic carbocycles. The molecule has 0 saturated heterocycles. The third-order valence-electron chi connectivity index (χ3n) is 0.845. The lowest BCUT2D eigenvalue weighted by Gasteiger charge is -1.93. The Balaban J connectivity index is 3.28. The average Bonchev–Trinajstić information content (AvgIpc) is 1.83. The van der Waals surface area contributed by atoms with Gasteiger partial charge in [-0.1, -0.05) is 0 Å². The molecule has 0 saturated carbocycles. The molecule has 0 spiro atoms. The largest absolute Gasteiger partial charge is 0.481 e. The first-order valence-electron chi connectivity index (χ1n) is 2.59. The molecule has 0 atom stereocenters. The molecule has 0 aliphatic carbocycles. The van der Waals surface area contributed by atoms with Gasteiger partial charge >= 0.3 is 5.97 Å². The molecular weight excluding hydrogens is 122 g/mol. The van der Waals surface area contributed by atoms with E-state index in [1.54, 1.807) is 0 Å². The fraction of sp³-hybridized carbons (Fsp3) is 0.600. The first-order valence-corrected chi connectivity index (χ1v) is 2.59. The highest BCUT2D eigenvalue weighted by Crippen LogP contribution is 1.86. The highest BCUT2D eigenvalue weighted by molar-refractivity contribution is 5.80. The van der Waals surface area contributed by atoms with E-state index in [0.29, 0.717) is 0 Å². The fourth-order valence-electron chi connectivity index (χ4n) is 0.345. The molecule has 0 fully saturated rings. The predicted octanol–water partition coefficient (Wildman–Crippen LogP) is -0.403. The quantitative estimate of drug-likeness (QED) is 0.547. The van der Waals surface area contributed by atoms with Crippen molar-refractivity contribution in [2.75, 3.05) is 7.05 Å². The van der Waals surface area contributed by atoms with Crippen LogP contribution in [0.25, 0.3) is 0 Å². The van der Waals surface area contributed by atoms with Crippen molar-refractivity contribution in [1.82, 2.24) is 5.32 Å². The van der Waals surface area contributed by atoms with Crippen molar-refractivity contribution in [3.63, 3.8) is 0 Å². The normalized spacial score (nSPS) is 8.56. The lowest BCUT2D eigenvalue weighted by atomic mass is 10.3. The van der Waals surface area contributed by atoms with Gasteiger partial charge in [0.25, 0.3) is 0 Å². The van der Waals surface area contributed by atoms with Crippen LogP contribution in [0.5, 0.6) is 0 Å². The standard InChI is InChI=1S/C5H9NO3/c1-6-4(7)2-3-5(8)9/h2-3H2,1H3,(H,6,7)(H,8,9). The number of carbonyl (C=O) groups excluding carboxylic acids is 1. The Bertz CT molecular complexity index is 121. The maximum absolute atomic E-state index is 10.3. The highest BCUT2D eigenvalue weighted by Gasteiger charge is 2.00. The van der Waals surface area contributed by atoms with Gasteiger partial charge in [-0.05, 0) is 0 Å². The minimum Gasteiger partial charge on any atom is -0.481 e. The lowest BCUT2D eigenvalue weighted by molar-refractivity contribution is -0.138.